The quantitative estimate of drug-likeness (QED) is 0.864. The molecule has 0 unspecified atom stereocenters. The lowest BCUT2D eigenvalue weighted by Gasteiger charge is -2.08. The van der Waals surface area contributed by atoms with Crippen LogP contribution in [-0.2, 0) is 6.42 Å². The van der Waals surface area contributed by atoms with Gasteiger partial charge in [0.05, 0.1) is 10.7 Å². The molecule has 1 N–H and O–H groups in total. The van der Waals surface area contributed by atoms with Gasteiger partial charge in [-0.15, -0.1) is 0 Å². The lowest BCUT2D eigenvalue weighted by atomic mass is 10.2. The summed E-state index contributed by atoms with van der Waals surface area (Å²) in [5.74, 6) is -0.308. The maximum absolute atomic E-state index is 13.4. The number of thiophene rings is 1. The van der Waals surface area contributed by atoms with Crippen molar-refractivity contribution in [2.24, 2.45) is 0 Å². The molecule has 0 aliphatic carbocycles. The molecule has 2 rings (SSSR count). The fourth-order valence-corrected chi connectivity index (χ4v) is 2.37. The first kappa shape index (κ1) is 11.4. The molecule has 0 fully saturated rings. The second kappa shape index (κ2) is 5.32. The summed E-state index contributed by atoms with van der Waals surface area (Å²) in [5.41, 5.74) is 1.64. The number of benzene rings is 1. The average Bonchev–Trinajstić information content (AvgIpc) is 2.75. The van der Waals surface area contributed by atoms with Crippen LogP contribution in [0.25, 0.3) is 0 Å². The van der Waals surface area contributed by atoms with E-state index in [-0.39, 0.29) is 5.82 Å². The minimum absolute atomic E-state index is 0.308. The van der Waals surface area contributed by atoms with Crippen LogP contribution in [0.1, 0.15) is 5.56 Å². The van der Waals surface area contributed by atoms with E-state index in [0.717, 1.165) is 6.42 Å². The van der Waals surface area contributed by atoms with Gasteiger partial charge < -0.3 is 5.32 Å². The molecule has 4 heteroatoms. The molecule has 1 aromatic carbocycles. The van der Waals surface area contributed by atoms with Crippen molar-refractivity contribution >= 4 is 28.6 Å². The summed E-state index contributed by atoms with van der Waals surface area (Å²) in [6.07, 6.45) is 0.869. The Morgan fingerprint density at radius 3 is 2.88 bits per heavy atom. The van der Waals surface area contributed by atoms with Crippen molar-refractivity contribution < 1.29 is 4.39 Å². The Labute approximate surface area is 103 Å². The number of nitrogens with one attached hydrogen (secondary N) is 1. The third-order valence-electron chi connectivity index (χ3n) is 2.26. The lowest BCUT2D eigenvalue weighted by Crippen LogP contribution is -2.06. The van der Waals surface area contributed by atoms with Gasteiger partial charge in [-0.3, -0.25) is 0 Å². The Kier molecular flexibility index (Phi) is 3.80. The number of anilines is 1. The summed E-state index contributed by atoms with van der Waals surface area (Å²) < 4.78 is 13.4. The average molecular weight is 256 g/mol. The predicted octanol–water partition coefficient (Wildman–Crippen LogP) is 4.20. The van der Waals surface area contributed by atoms with Gasteiger partial charge in [0.2, 0.25) is 0 Å². The highest BCUT2D eigenvalue weighted by atomic mass is 35.5. The first-order valence-corrected chi connectivity index (χ1v) is 6.28. The number of halogens is 2. The molecule has 16 heavy (non-hydrogen) atoms. The second-order valence-electron chi connectivity index (χ2n) is 3.41. The van der Waals surface area contributed by atoms with E-state index in [9.17, 15) is 4.39 Å². The summed E-state index contributed by atoms with van der Waals surface area (Å²) in [4.78, 5) is 0. The fourth-order valence-electron chi connectivity index (χ4n) is 1.43. The molecule has 0 aliphatic heterocycles. The number of para-hydroxylation sites is 1. The van der Waals surface area contributed by atoms with E-state index in [4.69, 9.17) is 11.6 Å². The van der Waals surface area contributed by atoms with Crippen molar-refractivity contribution in [1.29, 1.82) is 0 Å². The molecule has 0 aliphatic rings. The Hall–Kier alpha value is -1.06. The van der Waals surface area contributed by atoms with Gasteiger partial charge in [-0.05, 0) is 40.9 Å². The van der Waals surface area contributed by atoms with Gasteiger partial charge >= 0.3 is 0 Å². The van der Waals surface area contributed by atoms with Crippen molar-refractivity contribution in [3.8, 4) is 0 Å². The third kappa shape index (κ3) is 2.74. The standard InChI is InChI=1S/C12H11ClFNS/c13-10-2-1-3-11(14)12(10)15-6-4-9-5-7-16-8-9/h1-3,5,7-8,15H,4,6H2. The molecule has 1 heterocycles. The van der Waals surface area contributed by atoms with Crippen LogP contribution in [0.2, 0.25) is 5.02 Å². The van der Waals surface area contributed by atoms with Crippen LogP contribution in [0.3, 0.4) is 0 Å². The van der Waals surface area contributed by atoms with Crippen molar-refractivity contribution in [2.75, 3.05) is 11.9 Å². The Morgan fingerprint density at radius 1 is 1.31 bits per heavy atom. The molecule has 0 saturated heterocycles. The second-order valence-corrected chi connectivity index (χ2v) is 4.59. The van der Waals surface area contributed by atoms with Gasteiger partial charge in [0.25, 0.3) is 0 Å². The zero-order valence-corrected chi connectivity index (χ0v) is 10.1. The fraction of sp³-hybridized carbons (Fsp3) is 0.167. The minimum Gasteiger partial charge on any atom is -0.381 e. The molecular weight excluding hydrogens is 245 g/mol. The number of rotatable bonds is 4. The van der Waals surface area contributed by atoms with Gasteiger partial charge in [-0.25, -0.2) is 4.39 Å². The number of hydrogen-bond acceptors (Lipinski definition) is 2. The Bertz CT molecular complexity index is 436. The SMILES string of the molecule is Fc1cccc(Cl)c1NCCc1ccsc1. The summed E-state index contributed by atoms with van der Waals surface area (Å²) >= 11 is 7.55. The molecule has 1 aromatic heterocycles. The van der Waals surface area contributed by atoms with Crippen molar-refractivity contribution in [1.82, 2.24) is 0 Å². The van der Waals surface area contributed by atoms with E-state index in [1.165, 1.54) is 11.6 Å². The van der Waals surface area contributed by atoms with E-state index in [2.05, 4.69) is 16.8 Å². The maximum atomic E-state index is 13.4. The summed E-state index contributed by atoms with van der Waals surface area (Å²) in [6.45, 7) is 0.678. The minimum atomic E-state index is -0.308. The Balaban J connectivity index is 1.95. The van der Waals surface area contributed by atoms with Gasteiger partial charge in [-0.2, -0.15) is 11.3 Å². The normalized spacial score (nSPS) is 10.4. The van der Waals surface area contributed by atoms with Crippen LogP contribution in [0.15, 0.2) is 35.0 Å². The van der Waals surface area contributed by atoms with Crippen LogP contribution in [0.4, 0.5) is 10.1 Å². The molecule has 84 valence electrons. The summed E-state index contributed by atoms with van der Waals surface area (Å²) in [6, 6.07) is 6.74. The summed E-state index contributed by atoms with van der Waals surface area (Å²) in [5, 5.41) is 7.56. The van der Waals surface area contributed by atoms with E-state index >= 15 is 0 Å². The monoisotopic (exact) mass is 255 g/mol. The van der Waals surface area contributed by atoms with E-state index in [1.54, 1.807) is 23.5 Å². The topological polar surface area (TPSA) is 12.0 Å². The van der Waals surface area contributed by atoms with E-state index in [1.807, 2.05) is 5.38 Å². The number of hydrogen-bond donors (Lipinski definition) is 1. The van der Waals surface area contributed by atoms with E-state index in [0.29, 0.717) is 17.3 Å². The van der Waals surface area contributed by atoms with E-state index < -0.39 is 0 Å². The van der Waals surface area contributed by atoms with Gasteiger partial charge in [0.1, 0.15) is 5.82 Å². The van der Waals surface area contributed by atoms with Gasteiger partial charge in [0, 0.05) is 6.54 Å². The smallest absolute Gasteiger partial charge is 0.147 e. The van der Waals surface area contributed by atoms with Gasteiger partial charge in [0.15, 0.2) is 0 Å². The zero-order valence-electron chi connectivity index (χ0n) is 8.54. The highest BCUT2D eigenvalue weighted by Crippen LogP contribution is 2.24. The van der Waals surface area contributed by atoms with Crippen molar-refractivity contribution in [3.63, 3.8) is 0 Å². The highest BCUT2D eigenvalue weighted by Gasteiger charge is 2.05. The van der Waals surface area contributed by atoms with Crippen LogP contribution < -0.4 is 5.32 Å². The first-order valence-electron chi connectivity index (χ1n) is 4.96. The summed E-state index contributed by atoms with van der Waals surface area (Å²) in [7, 11) is 0. The van der Waals surface area contributed by atoms with Crippen LogP contribution >= 0.6 is 22.9 Å². The third-order valence-corrected chi connectivity index (χ3v) is 3.31. The highest BCUT2D eigenvalue weighted by molar-refractivity contribution is 7.07. The molecule has 0 saturated carbocycles. The molecular formula is C12H11ClFNS. The van der Waals surface area contributed by atoms with Crippen molar-refractivity contribution in [2.45, 2.75) is 6.42 Å². The van der Waals surface area contributed by atoms with Gasteiger partial charge in [-0.1, -0.05) is 17.7 Å². The zero-order chi connectivity index (χ0) is 11.4. The lowest BCUT2D eigenvalue weighted by molar-refractivity contribution is 0.630. The molecule has 0 atom stereocenters. The molecule has 0 radical (unpaired) electrons. The van der Waals surface area contributed by atoms with Crippen LogP contribution in [0.5, 0.6) is 0 Å². The molecule has 0 amide bonds. The molecule has 0 spiro atoms. The molecule has 2 aromatic rings. The molecule has 0 bridgehead atoms. The van der Waals surface area contributed by atoms with Crippen LogP contribution in [-0.4, -0.2) is 6.54 Å². The Morgan fingerprint density at radius 2 is 2.19 bits per heavy atom. The first-order chi connectivity index (χ1) is 7.77. The maximum Gasteiger partial charge on any atom is 0.147 e. The molecule has 1 nitrogen and oxygen atoms in total. The largest absolute Gasteiger partial charge is 0.381 e. The van der Waals surface area contributed by atoms with Crippen molar-refractivity contribution in [3.05, 3.63) is 51.4 Å². The van der Waals surface area contributed by atoms with Crippen LogP contribution in [0, 0.1) is 5.82 Å². The predicted molar refractivity (Wildman–Crippen MR) is 67.9 cm³/mol.